The van der Waals surface area contributed by atoms with Gasteiger partial charge in [0.05, 0.1) is 18.1 Å². The maximum Gasteiger partial charge on any atom is 0.275 e. The Balaban J connectivity index is 2.16. The highest BCUT2D eigenvalue weighted by Gasteiger charge is 2.40. The summed E-state index contributed by atoms with van der Waals surface area (Å²) in [5.41, 5.74) is -0.913. The monoisotopic (exact) mass is 282 g/mol. The van der Waals surface area contributed by atoms with E-state index >= 15 is 0 Å². The molecule has 1 fully saturated rings. The summed E-state index contributed by atoms with van der Waals surface area (Å²) in [6.07, 6.45) is 2.13. The number of hydrogen-bond donors (Lipinski definition) is 2. The molecule has 2 N–H and O–H groups in total. The Morgan fingerprint density at radius 1 is 1.37 bits per heavy atom. The number of hydrogen-bond acceptors (Lipinski definition) is 5. The zero-order chi connectivity index (χ0) is 13.7. The van der Waals surface area contributed by atoms with Crippen molar-refractivity contribution in [3.05, 3.63) is 22.1 Å². The van der Waals surface area contributed by atoms with Gasteiger partial charge in [-0.15, -0.1) is 11.8 Å². The molecule has 102 valence electrons. The van der Waals surface area contributed by atoms with Crippen LogP contribution >= 0.6 is 11.8 Å². The van der Waals surface area contributed by atoms with Gasteiger partial charge in [-0.2, -0.15) is 0 Å². The average Bonchev–Trinajstić information content (AvgIpc) is 2.35. The van der Waals surface area contributed by atoms with Crippen LogP contribution in [-0.4, -0.2) is 42.8 Å². The third kappa shape index (κ3) is 1.72. The molecule has 0 spiro atoms. The van der Waals surface area contributed by atoms with Gasteiger partial charge < -0.3 is 19.7 Å². The van der Waals surface area contributed by atoms with Gasteiger partial charge in [-0.3, -0.25) is 9.59 Å². The van der Waals surface area contributed by atoms with Crippen LogP contribution < -0.4 is 5.43 Å². The number of carbonyl (C=O) groups is 1. The highest BCUT2D eigenvalue weighted by Crippen LogP contribution is 2.35. The Morgan fingerprint density at radius 2 is 2.11 bits per heavy atom. The van der Waals surface area contributed by atoms with Crippen LogP contribution in [-0.2, 0) is 6.54 Å². The number of nitrogens with zero attached hydrogens (tertiary/aromatic N) is 2. The van der Waals surface area contributed by atoms with Gasteiger partial charge in [0.2, 0.25) is 0 Å². The minimum Gasteiger partial charge on any atom is -0.503 e. The Bertz CT molecular complexity index is 612. The maximum atomic E-state index is 12.5. The van der Waals surface area contributed by atoms with Gasteiger partial charge in [0.1, 0.15) is 0 Å². The molecule has 19 heavy (non-hydrogen) atoms. The molecule has 0 unspecified atom stereocenters. The summed E-state index contributed by atoms with van der Waals surface area (Å²) in [6.45, 7) is 2.44. The SMILES string of the molecule is C[C@@H]1CCS[C@H]2Cn3cc(O)c(=O)c(O)c3C(=O)N12. The van der Waals surface area contributed by atoms with Crippen molar-refractivity contribution in [2.75, 3.05) is 5.75 Å². The van der Waals surface area contributed by atoms with Crippen LogP contribution in [0.1, 0.15) is 23.8 Å². The van der Waals surface area contributed by atoms with Crippen molar-refractivity contribution in [1.29, 1.82) is 0 Å². The predicted octanol–water partition coefficient (Wildman–Crippen LogP) is 0.567. The van der Waals surface area contributed by atoms with Gasteiger partial charge in [-0.25, -0.2) is 0 Å². The van der Waals surface area contributed by atoms with E-state index in [0.717, 1.165) is 12.2 Å². The second-order valence-corrected chi connectivity index (χ2v) is 6.15. The van der Waals surface area contributed by atoms with Crippen LogP contribution in [0.4, 0.5) is 0 Å². The molecule has 2 atom stereocenters. The van der Waals surface area contributed by atoms with E-state index in [1.165, 1.54) is 10.8 Å². The molecular weight excluding hydrogens is 268 g/mol. The Kier molecular flexibility index (Phi) is 2.74. The van der Waals surface area contributed by atoms with E-state index in [9.17, 15) is 19.8 Å². The fraction of sp³-hybridized carbons (Fsp3) is 0.500. The number of pyridine rings is 1. The first-order chi connectivity index (χ1) is 9.00. The van der Waals surface area contributed by atoms with Gasteiger partial charge in [-0.05, 0) is 19.1 Å². The molecule has 3 rings (SSSR count). The van der Waals surface area contributed by atoms with Gasteiger partial charge in [0, 0.05) is 6.04 Å². The average molecular weight is 282 g/mol. The summed E-state index contributed by atoms with van der Waals surface area (Å²) >= 11 is 1.68. The van der Waals surface area contributed by atoms with Crippen LogP contribution in [0, 0.1) is 0 Å². The highest BCUT2D eigenvalue weighted by atomic mass is 32.2. The van der Waals surface area contributed by atoms with Crippen molar-refractivity contribution in [1.82, 2.24) is 9.47 Å². The molecule has 2 aliphatic rings. The molecule has 0 saturated carbocycles. The lowest BCUT2D eigenvalue weighted by molar-refractivity contribution is 0.0574. The molecule has 1 aromatic rings. The highest BCUT2D eigenvalue weighted by molar-refractivity contribution is 7.99. The first kappa shape index (κ1) is 12.4. The number of aromatic hydroxyl groups is 2. The fourth-order valence-corrected chi connectivity index (χ4v) is 4.12. The number of aromatic nitrogens is 1. The lowest BCUT2D eigenvalue weighted by Gasteiger charge is -2.44. The van der Waals surface area contributed by atoms with E-state index in [1.807, 2.05) is 6.92 Å². The van der Waals surface area contributed by atoms with E-state index in [-0.39, 0.29) is 23.0 Å². The van der Waals surface area contributed by atoms with Crippen molar-refractivity contribution < 1.29 is 15.0 Å². The molecule has 6 nitrogen and oxygen atoms in total. The second kappa shape index (κ2) is 4.19. The van der Waals surface area contributed by atoms with E-state index in [2.05, 4.69) is 0 Å². The first-order valence-electron chi connectivity index (χ1n) is 6.10. The van der Waals surface area contributed by atoms with Gasteiger partial charge in [0.15, 0.2) is 17.2 Å². The molecule has 0 radical (unpaired) electrons. The van der Waals surface area contributed by atoms with Crippen molar-refractivity contribution in [2.24, 2.45) is 0 Å². The molecule has 0 bridgehead atoms. The number of amides is 1. The normalized spacial score (nSPS) is 25.9. The first-order valence-corrected chi connectivity index (χ1v) is 7.15. The molecule has 0 aliphatic carbocycles. The van der Waals surface area contributed by atoms with Crippen LogP contribution in [0.2, 0.25) is 0 Å². The Labute approximate surface area is 113 Å². The standard InChI is InChI=1S/C12H14N2O4S/c1-6-2-3-19-8-5-13-4-7(15)10(16)11(17)9(13)12(18)14(6)8/h4,6,8,15,17H,2-3,5H2,1H3/t6-,8+/m1/s1. The summed E-state index contributed by atoms with van der Waals surface area (Å²) in [7, 11) is 0. The Morgan fingerprint density at radius 3 is 2.84 bits per heavy atom. The largest absolute Gasteiger partial charge is 0.503 e. The minimum absolute atomic E-state index is 0.00921. The zero-order valence-electron chi connectivity index (χ0n) is 10.4. The van der Waals surface area contributed by atoms with Crippen LogP contribution in [0.25, 0.3) is 0 Å². The quantitative estimate of drug-likeness (QED) is 0.727. The van der Waals surface area contributed by atoms with E-state index in [1.54, 1.807) is 16.7 Å². The molecule has 7 heteroatoms. The third-order valence-corrected chi connectivity index (χ3v) is 4.89. The molecular formula is C12H14N2O4S. The summed E-state index contributed by atoms with van der Waals surface area (Å²) in [5, 5.41) is 19.3. The molecule has 1 aromatic heterocycles. The summed E-state index contributed by atoms with van der Waals surface area (Å²) in [6, 6.07) is 0.0933. The van der Waals surface area contributed by atoms with E-state index in [0.29, 0.717) is 6.54 Å². The number of rotatable bonds is 0. The van der Waals surface area contributed by atoms with Crippen LogP contribution in [0.3, 0.4) is 0 Å². The molecule has 2 aliphatic heterocycles. The molecule has 1 amide bonds. The van der Waals surface area contributed by atoms with Crippen LogP contribution in [0.5, 0.6) is 11.5 Å². The van der Waals surface area contributed by atoms with Gasteiger partial charge in [0.25, 0.3) is 11.3 Å². The smallest absolute Gasteiger partial charge is 0.275 e. The van der Waals surface area contributed by atoms with E-state index < -0.39 is 16.9 Å². The Hall–Kier alpha value is -1.63. The maximum absolute atomic E-state index is 12.5. The lowest BCUT2D eigenvalue weighted by atomic mass is 10.1. The molecule has 0 aromatic carbocycles. The second-order valence-electron chi connectivity index (χ2n) is 4.87. The van der Waals surface area contributed by atoms with Crippen molar-refractivity contribution >= 4 is 17.7 Å². The van der Waals surface area contributed by atoms with Crippen molar-refractivity contribution in [2.45, 2.75) is 31.3 Å². The minimum atomic E-state index is -0.893. The zero-order valence-corrected chi connectivity index (χ0v) is 11.2. The van der Waals surface area contributed by atoms with Crippen molar-refractivity contribution in [3.63, 3.8) is 0 Å². The van der Waals surface area contributed by atoms with Crippen LogP contribution in [0.15, 0.2) is 11.0 Å². The summed E-state index contributed by atoms with van der Waals surface area (Å²) < 4.78 is 1.47. The number of thioether (sulfide) groups is 1. The fourth-order valence-electron chi connectivity index (χ4n) is 2.64. The summed E-state index contributed by atoms with van der Waals surface area (Å²) in [5.74, 6) is -0.559. The number of fused-ring (bicyclic) bond motifs is 2. The molecule has 3 heterocycles. The summed E-state index contributed by atoms with van der Waals surface area (Å²) in [4.78, 5) is 25.7. The van der Waals surface area contributed by atoms with Gasteiger partial charge in [-0.1, -0.05) is 0 Å². The predicted molar refractivity (Wildman–Crippen MR) is 70.5 cm³/mol. The molecule has 1 saturated heterocycles. The van der Waals surface area contributed by atoms with Gasteiger partial charge >= 0.3 is 0 Å². The lowest BCUT2D eigenvalue weighted by Crippen LogP contribution is -2.53. The van der Waals surface area contributed by atoms with E-state index in [4.69, 9.17) is 0 Å². The third-order valence-electron chi connectivity index (χ3n) is 3.66. The number of carbonyl (C=O) groups excluding carboxylic acids is 1. The topological polar surface area (TPSA) is 82.8 Å². The van der Waals surface area contributed by atoms with Crippen molar-refractivity contribution in [3.8, 4) is 11.5 Å².